The summed E-state index contributed by atoms with van der Waals surface area (Å²) in [5.41, 5.74) is 0.631. The van der Waals surface area contributed by atoms with E-state index in [1.807, 2.05) is 57.5 Å². The lowest BCUT2D eigenvalue weighted by Gasteiger charge is -2.32. The molecule has 9 nitrogen and oxygen atoms in total. The van der Waals surface area contributed by atoms with Gasteiger partial charge < -0.3 is 14.4 Å². The number of piperidine rings is 1. The van der Waals surface area contributed by atoms with E-state index in [0.29, 0.717) is 18.0 Å². The van der Waals surface area contributed by atoms with Gasteiger partial charge in [0, 0.05) is 52.3 Å². The van der Waals surface area contributed by atoms with Gasteiger partial charge in [0.15, 0.2) is 5.82 Å². The maximum atomic E-state index is 12.8. The summed E-state index contributed by atoms with van der Waals surface area (Å²) >= 11 is 0. The van der Waals surface area contributed by atoms with Gasteiger partial charge in [0.05, 0.1) is 12.1 Å². The van der Waals surface area contributed by atoms with Crippen LogP contribution in [0.15, 0.2) is 43.1 Å². The molecule has 9 heteroatoms. The zero-order valence-corrected chi connectivity index (χ0v) is 16.8. The van der Waals surface area contributed by atoms with Crippen molar-refractivity contribution < 1.29 is 4.79 Å². The van der Waals surface area contributed by atoms with E-state index in [2.05, 4.69) is 20.3 Å². The van der Waals surface area contributed by atoms with Gasteiger partial charge in [-0.2, -0.15) is 5.10 Å². The van der Waals surface area contributed by atoms with Crippen LogP contribution in [0.25, 0.3) is 0 Å². The zero-order chi connectivity index (χ0) is 20.2. The summed E-state index contributed by atoms with van der Waals surface area (Å²) in [6, 6.07) is 5.68. The highest BCUT2D eigenvalue weighted by Gasteiger charge is 2.24. The number of hydrogen-bond donors (Lipinski definition) is 0. The van der Waals surface area contributed by atoms with E-state index in [4.69, 9.17) is 0 Å². The first-order chi connectivity index (χ1) is 14.1. The number of anilines is 1. The number of carbonyl (C=O) groups excluding carboxylic acids is 1. The molecule has 0 aliphatic carbocycles. The molecule has 0 aromatic carbocycles. The second kappa shape index (κ2) is 8.42. The Balaban J connectivity index is 1.32. The fraction of sp³-hybridized carbons (Fsp3) is 0.450. The smallest absolute Gasteiger partial charge is 0.255 e. The molecule has 0 N–H and O–H groups in total. The van der Waals surface area contributed by atoms with Crippen molar-refractivity contribution >= 4 is 11.7 Å². The van der Waals surface area contributed by atoms with Gasteiger partial charge in [-0.3, -0.25) is 9.48 Å². The third kappa shape index (κ3) is 4.44. The standard InChI is InChI=1S/C20H26N8O/c1-25(14-19-24-22-15-26(19)2)18-5-4-17(12-21-18)20(29)27-10-6-16(7-11-27)13-28-9-3-8-23-28/h3-5,8-9,12,15-16H,6-7,10-11,13-14H2,1-2H3. The van der Waals surface area contributed by atoms with Crippen molar-refractivity contribution in [3.05, 3.63) is 54.5 Å². The van der Waals surface area contributed by atoms with Crippen molar-refractivity contribution in [1.82, 2.24) is 34.4 Å². The van der Waals surface area contributed by atoms with Crippen LogP contribution in [0.3, 0.4) is 0 Å². The first-order valence-electron chi connectivity index (χ1n) is 9.87. The number of likely N-dealkylation sites (tertiary alicyclic amines) is 1. The van der Waals surface area contributed by atoms with Gasteiger partial charge in [-0.15, -0.1) is 10.2 Å². The Labute approximate surface area is 170 Å². The van der Waals surface area contributed by atoms with E-state index < -0.39 is 0 Å². The highest BCUT2D eigenvalue weighted by atomic mass is 16.2. The quantitative estimate of drug-likeness (QED) is 0.631. The average molecular weight is 394 g/mol. The van der Waals surface area contributed by atoms with Crippen LogP contribution in [0.5, 0.6) is 0 Å². The van der Waals surface area contributed by atoms with Crippen LogP contribution in [0, 0.1) is 5.92 Å². The first kappa shape index (κ1) is 19.1. The van der Waals surface area contributed by atoms with Crippen molar-refractivity contribution in [3.8, 4) is 0 Å². The molecule has 0 unspecified atom stereocenters. The van der Waals surface area contributed by atoms with E-state index in [1.165, 1.54) is 0 Å². The molecule has 1 amide bonds. The molecule has 1 saturated heterocycles. The van der Waals surface area contributed by atoms with E-state index in [0.717, 1.165) is 44.1 Å². The summed E-state index contributed by atoms with van der Waals surface area (Å²) in [7, 11) is 3.86. The summed E-state index contributed by atoms with van der Waals surface area (Å²) in [6.07, 6.45) is 9.14. The molecule has 1 aliphatic heterocycles. The van der Waals surface area contributed by atoms with Crippen LogP contribution in [0.4, 0.5) is 5.82 Å². The Hall–Kier alpha value is -3.23. The number of hydrogen-bond acceptors (Lipinski definition) is 6. The van der Waals surface area contributed by atoms with Gasteiger partial charge in [0.25, 0.3) is 5.91 Å². The number of carbonyl (C=O) groups is 1. The summed E-state index contributed by atoms with van der Waals surface area (Å²) in [5, 5.41) is 12.3. The van der Waals surface area contributed by atoms with E-state index in [1.54, 1.807) is 18.7 Å². The van der Waals surface area contributed by atoms with Gasteiger partial charge in [0.2, 0.25) is 0 Å². The Morgan fingerprint density at radius 1 is 1.28 bits per heavy atom. The lowest BCUT2D eigenvalue weighted by atomic mass is 9.96. The van der Waals surface area contributed by atoms with E-state index >= 15 is 0 Å². The third-order valence-corrected chi connectivity index (χ3v) is 5.48. The maximum absolute atomic E-state index is 12.8. The second-order valence-corrected chi connectivity index (χ2v) is 7.58. The topological polar surface area (TPSA) is 85.0 Å². The minimum atomic E-state index is 0.0533. The first-order valence-corrected chi connectivity index (χ1v) is 9.87. The Morgan fingerprint density at radius 2 is 2.10 bits per heavy atom. The van der Waals surface area contributed by atoms with Crippen molar-refractivity contribution in [2.24, 2.45) is 13.0 Å². The van der Waals surface area contributed by atoms with E-state index in [9.17, 15) is 4.79 Å². The molecule has 3 aromatic heterocycles. The van der Waals surface area contributed by atoms with Crippen LogP contribution in [-0.4, -0.2) is 60.5 Å². The average Bonchev–Trinajstić information content (AvgIpc) is 3.40. The van der Waals surface area contributed by atoms with Gasteiger partial charge >= 0.3 is 0 Å². The minimum absolute atomic E-state index is 0.0533. The SMILES string of the molecule is CN(Cc1nncn1C)c1ccc(C(=O)N2CCC(Cn3cccn3)CC2)cn1. The highest BCUT2D eigenvalue weighted by molar-refractivity contribution is 5.94. The summed E-state index contributed by atoms with van der Waals surface area (Å²) in [5.74, 6) is 2.26. The Morgan fingerprint density at radius 3 is 2.72 bits per heavy atom. The number of nitrogens with zero attached hydrogens (tertiary/aromatic N) is 8. The molecular formula is C20H26N8O. The summed E-state index contributed by atoms with van der Waals surface area (Å²) in [4.78, 5) is 21.2. The van der Waals surface area contributed by atoms with Gasteiger partial charge in [-0.25, -0.2) is 4.98 Å². The number of amides is 1. The number of rotatable bonds is 6. The lowest BCUT2D eigenvalue weighted by Crippen LogP contribution is -2.39. The van der Waals surface area contributed by atoms with Crippen LogP contribution in [0.1, 0.15) is 29.0 Å². The molecule has 4 heterocycles. The van der Waals surface area contributed by atoms with Gasteiger partial charge in [-0.05, 0) is 37.0 Å². The highest BCUT2D eigenvalue weighted by Crippen LogP contribution is 2.21. The molecule has 0 bridgehead atoms. The third-order valence-electron chi connectivity index (χ3n) is 5.48. The van der Waals surface area contributed by atoms with Gasteiger partial charge in [0.1, 0.15) is 12.1 Å². The fourth-order valence-corrected chi connectivity index (χ4v) is 3.66. The molecular weight excluding hydrogens is 368 g/mol. The predicted molar refractivity (Wildman–Crippen MR) is 108 cm³/mol. The Bertz CT molecular complexity index is 926. The molecule has 0 saturated carbocycles. The lowest BCUT2D eigenvalue weighted by molar-refractivity contribution is 0.0681. The summed E-state index contributed by atoms with van der Waals surface area (Å²) < 4.78 is 3.85. The molecule has 0 spiro atoms. The predicted octanol–water partition coefficient (Wildman–Crippen LogP) is 1.60. The van der Waals surface area contributed by atoms with Crippen LogP contribution < -0.4 is 4.90 Å². The van der Waals surface area contributed by atoms with Crippen molar-refractivity contribution in [3.63, 3.8) is 0 Å². The summed E-state index contributed by atoms with van der Waals surface area (Å²) in [6.45, 7) is 3.07. The molecule has 1 aliphatic rings. The molecule has 0 radical (unpaired) electrons. The molecule has 1 fully saturated rings. The van der Waals surface area contributed by atoms with Crippen LogP contribution in [0.2, 0.25) is 0 Å². The minimum Gasteiger partial charge on any atom is -0.352 e. The largest absolute Gasteiger partial charge is 0.352 e. The van der Waals surface area contributed by atoms with Crippen LogP contribution in [-0.2, 0) is 20.1 Å². The maximum Gasteiger partial charge on any atom is 0.255 e. The van der Waals surface area contributed by atoms with Crippen molar-refractivity contribution in [1.29, 1.82) is 0 Å². The van der Waals surface area contributed by atoms with Crippen LogP contribution >= 0.6 is 0 Å². The molecule has 3 aromatic rings. The number of aryl methyl sites for hydroxylation is 1. The zero-order valence-electron chi connectivity index (χ0n) is 16.8. The molecule has 0 atom stereocenters. The number of pyridine rings is 1. The van der Waals surface area contributed by atoms with Crippen molar-refractivity contribution in [2.45, 2.75) is 25.9 Å². The fourth-order valence-electron chi connectivity index (χ4n) is 3.66. The molecule has 29 heavy (non-hydrogen) atoms. The Kier molecular flexibility index (Phi) is 5.55. The normalized spacial score (nSPS) is 14.9. The molecule has 152 valence electrons. The monoisotopic (exact) mass is 394 g/mol. The molecule has 4 rings (SSSR count). The second-order valence-electron chi connectivity index (χ2n) is 7.58. The van der Waals surface area contributed by atoms with Gasteiger partial charge in [-0.1, -0.05) is 0 Å². The number of aromatic nitrogens is 6. The van der Waals surface area contributed by atoms with E-state index in [-0.39, 0.29) is 5.91 Å². The van der Waals surface area contributed by atoms with Crippen molar-refractivity contribution in [2.75, 3.05) is 25.0 Å².